The van der Waals surface area contributed by atoms with Gasteiger partial charge in [-0.25, -0.2) is 0 Å². The number of hydrogen-bond donors (Lipinski definition) is 2. The van der Waals surface area contributed by atoms with Gasteiger partial charge in [0.1, 0.15) is 12.4 Å². The first kappa shape index (κ1) is 12.6. The third kappa shape index (κ3) is 3.53. The Morgan fingerprint density at radius 2 is 2.14 bits per heavy atom. The van der Waals surface area contributed by atoms with Crippen LogP contribution in [-0.2, 0) is 0 Å². The van der Waals surface area contributed by atoms with Gasteiger partial charge in [0.05, 0.1) is 0 Å². The fourth-order valence-electron chi connectivity index (χ4n) is 0.899. The van der Waals surface area contributed by atoms with Crippen molar-refractivity contribution >= 4 is 18.2 Å². The lowest BCUT2D eigenvalue weighted by Gasteiger charge is -2.06. The molecule has 0 fully saturated rings. The zero-order valence-corrected chi connectivity index (χ0v) is 8.62. The van der Waals surface area contributed by atoms with Crippen LogP contribution in [0.2, 0.25) is 0 Å². The Morgan fingerprint density at radius 1 is 1.50 bits per heavy atom. The molecule has 0 heterocycles. The van der Waals surface area contributed by atoms with Crippen LogP contribution in [0.3, 0.4) is 0 Å². The van der Waals surface area contributed by atoms with Crippen LogP contribution in [0.1, 0.15) is 5.56 Å². The molecule has 0 unspecified atom stereocenters. The summed E-state index contributed by atoms with van der Waals surface area (Å²) in [6.45, 7) is 2.03. The van der Waals surface area contributed by atoms with E-state index in [1.54, 1.807) is 0 Å². The van der Waals surface area contributed by atoms with Crippen LogP contribution in [0.25, 0.3) is 0 Å². The lowest BCUT2D eigenvalue weighted by Crippen LogP contribution is -2.21. The molecule has 1 rings (SSSR count). The highest BCUT2D eigenvalue weighted by Crippen LogP contribution is 2.15. The van der Waals surface area contributed by atoms with Crippen molar-refractivity contribution < 1.29 is 9.94 Å². The molecule has 0 aliphatic rings. The quantitative estimate of drug-likeness (QED) is 0.349. The summed E-state index contributed by atoms with van der Waals surface area (Å²) in [5.74, 6) is 0.803. The van der Waals surface area contributed by atoms with Crippen molar-refractivity contribution in [2.75, 3.05) is 6.61 Å². The normalized spacial score (nSPS) is 10.5. The number of benzene rings is 1. The van der Waals surface area contributed by atoms with E-state index in [-0.39, 0.29) is 24.8 Å². The van der Waals surface area contributed by atoms with Gasteiger partial charge in [0.15, 0.2) is 5.84 Å². The second-order valence-corrected chi connectivity index (χ2v) is 2.65. The van der Waals surface area contributed by atoms with Crippen LogP contribution in [0.15, 0.2) is 29.4 Å². The van der Waals surface area contributed by atoms with Gasteiger partial charge in [-0.3, -0.25) is 0 Å². The van der Waals surface area contributed by atoms with Crippen molar-refractivity contribution in [2.45, 2.75) is 6.92 Å². The van der Waals surface area contributed by atoms with Crippen molar-refractivity contribution in [2.24, 2.45) is 10.9 Å². The minimum absolute atomic E-state index is 0. The molecule has 0 saturated carbocycles. The molecule has 0 saturated heterocycles. The number of nitrogens with two attached hydrogens (primary N) is 1. The van der Waals surface area contributed by atoms with E-state index in [0.29, 0.717) is 0 Å². The first-order valence-corrected chi connectivity index (χ1v) is 3.89. The van der Waals surface area contributed by atoms with E-state index >= 15 is 0 Å². The largest absolute Gasteiger partial charge is 0.485 e. The first-order chi connectivity index (χ1) is 6.24. The monoisotopic (exact) mass is 216 g/mol. The fraction of sp³-hybridized carbons (Fsp3) is 0.222. The smallest absolute Gasteiger partial charge is 0.177 e. The zero-order valence-electron chi connectivity index (χ0n) is 7.80. The summed E-state index contributed by atoms with van der Waals surface area (Å²) in [7, 11) is 0. The van der Waals surface area contributed by atoms with Crippen molar-refractivity contribution in [3.05, 3.63) is 29.8 Å². The van der Waals surface area contributed by atoms with Gasteiger partial charge in [-0.1, -0.05) is 23.4 Å². The fourth-order valence-corrected chi connectivity index (χ4v) is 0.899. The minimum atomic E-state index is 0. The molecule has 1 aromatic rings. The Labute approximate surface area is 88.8 Å². The molecule has 0 amide bonds. The van der Waals surface area contributed by atoms with Gasteiger partial charge in [0, 0.05) is 0 Å². The number of para-hydroxylation sites is 1. The molecule has 3 N–H and O–H groups in total. The van der Waals surface area contributed by atoms with Crippen LogP contribution in [0, 0.1) is 6.92 Å². The predicted molar refractivity (Wildman–Crippen MR) is 57.3 cm³/mol. The third-order valence-corrected chi connectivity index (χ3v) is 1.60. The molecule has 0 aromatic heterocycles. The molecule has 14 heavy (non-hydrogen) atoms. The Hall–Kier alpha value is -1.42. The summed E-state index contributed by atoms with van der Waals surface area (Å²) in [4.78, 5) is 0. The molecule has 0 spiro atoms. The summed E-state index contributed by atoms with van der Waals surface area (Å²) in [5.41, 5.74) is 6.27. The van der Waals surface area contributed by atoms with Gasteiger partial charge < -0.3 is 15.7 Å². The summed E-state index contributed by atoms with van der Waals surface area (Å²) in [6, 6.07) is 7.56. The van der Waals surface area contributed by atoms with Gasteiger partial charge in [-0.2, -0.15) is 0 Å². The number of halogens is 1. The summed E-state index contributed by atoms with van der Waals surface area (Å²) >= 11 is 0. The standard InChI is InChI=1S/C9H12N2O2.ClH/c1-7-4-2-3-5-8(7)13-6-9(10)11-12;/h2-5,12H,6H2,1H3,(H2,10,11);1H. The molecule has 0 radical (unpaired) electrons. The maximum absolute atomic E-state index is 8.27. The Kier molecular flexibility index (Phi) is 5.48. The molecule has 0 atom stereocenters. The summed E-state index contributed by atoms with van der Waals surface area (Å²) in [5, 5.41) is 11.1. The third-order valence-electron chi connectivity index (χ3n) is 1.60. The van der Waals surface area contributed by atoms with E-state index in [2.05, 4.69) is 5.16 Å². The minimum Gasteiger partial charge on any atom is -0.485 e. The van der Waals surface area contributed by atoms with E-state index in [0.717, 1.165) is 11.3 Å². The molecule has 78 valence electrons. The van der Waals surface area contributed by atoms with Gasteiger partial charge in [-0.05, 0) is 18.6 Å². The molecule has 5 heteroatoms. The van der Waals surface area contributed by atoms with E-state index in [9.17, 15) is 0 Å². The van der Waals surface area contributed by atoms with Crippen LogP contribution in [-0.4, -0.2) is 17.6 Å². The highest BCUT2D eigenvalue weighted by molar-refractivity contribution is 5.85. The SMILES string of the molecule is Cc1ccccc1OC/C(N)=N/O.Cl. The van der Waals surface area contributed by atoms with Crippen LogP contribution >= 0.6 is 12.4 Å². The number of amidine groups is 1. The van der Waals surface area contributed by atoms with Crippen molar-refractivity contribution in [3.8, 4) is 5.75 Å². The van der Waals surface area contributed by atoms with E-state index in [1.807, 2.05) is 31.2 Å². The van der Waals surface area contributed by atoms with Crippen molar-refractivity contribution in [1.82, 2.24) is 0 Å². The molecule has 0 bridgehead atoms. The lowest BCUT2D eigenvalue weighted by molar-refractivity contribution is 0.306. The first-order valence-electron chi connectivity index (χ1n) is 3.89. The van der Waals surface area contributed by atoms with E-state index in [1.165, 1.54) is 0 Å². The molecular formula is C9H13ClN2O2. The molecule has 0 aliphatic heterocycles. The maximum Gasteiger partial charge on any atom is 0.177 e. The summed E-state index contributed by atoms with van der Waals surface area (Å²) in [6.07, 6.45) is 0. The second kappa shape index (κ2) is 6.10. The maximum atomic E-state index is 8.27. The Morgan fingerprint density at radius 3 is 2.71 bits per heavy atom. The highest BCUT2D eigenvalue weighted by atomic mass is 35.5. The van der Waals surface area contributed by atoms with E-state index in [4.69, 9.17) is 15.7 Å². The highest BCUT2D eigenvalue weighted by Gasteiger charge is 1.98. The summed E-state index contributed by atoms with van der Waals surface area (Å²) < 4.78 is 5.27. The average Bonchev–Trinajstić information content (AvgIpc) is 2.16. The van der Waals surface area contributed by atoms with Crippen LogP contribution in [0.5, 0.6) is 5.75 Å². The number of aryl methyl sites for hydroxylation is 1. The van der Waals surface area contributed by atoms with Crippen molar-refractivity contribution in [1.29, 1.82) is 0 Å². The molecular weight excluding hydrogens is 204 g/mol. The molecule has 4 nitrogen and oxygen atoms in total. The Balaban J connectivity index is 0.00000169. The van der Waals surface area contributed by atoms with Gasteiger partial charge in [0.2, 0.25) is 0 Å². The molecule has 1 aromatic carbocycles. The van der Waals surface area contributed by atoms with Crippen LogP contribution in [0.4, 0.5) is 0 Å². The predicted octanol–water partition coefficient (Wildman–Crippen LogP) is 1.54. The second-order valence-electron chi connectivity index (χ2n) is 2.65. The lowest BCUT2D eigenvalue weighted by atomic mass is 10.2. The van der Waals surface area contributed by atoms with Gasteiger partial charge >= 0.3 is 0 Å². The average molecular weight is 217 g/mol. The number of rotatable bonds is 3. The Bertz CT molecular complexity index is 315. The number of oxime groups is 1. The number of hydrogen-bond acceptors (Lipinski definition) is 3. The topological polar surface area (TPSA) is 67.8 Å². The van der Waals surface area contributed by atoms with Crippen LogP contribution < -0.4 is 10.5 Å². The van der Waals surface area contributed by atoms with Crippen molar-refractivity contribution in [3.63, 3.8) is 0 Å². The van der Waals surface area contributed by atoms with E-state index < -0.39 is 0 Å². The van der Waals surface area contributed by atoms with Gasteiger partial charge in [-0.15, -0.1) is 12.4 Å². The van der Waals surface area contributed by atoms with Gasteiger partial charge in [0.25, 0.3) is 0 Å². The zero-order chi connectivity index (χ0) is 9.68. The number of nitrogens with zero attached hydrogens (tertiary/aromatic N) is 1. The number of ether oxygens (including phenoxy) is 1. The molecule has 0 aliphatic carbocycles.